The molecule has 5 rings (SSSR count). The zero-order valence-corrected chi connectivity index (χ0v) is 28.3. The summed E-state index contributed by atoms with van der Waals surface area (Å²) in [5, 5.41) is 18.2. The average molecular weight is 648 g/mol. The number of benzene rings is 2. The molecule has 2 heterocycles. The summed E-state index contributed by atoms with van der Waals surface area (Å²) in [5.74, 6) is 0.260. The maximum Gasteiger partial charge on any atom is 0.332 e. The molecule has 0 bridgehead atoms. The molecule has 46 heavy (non-hydrogen) atoms. The number of nitrogens with zero attached hydrogens (tertiary/aromatic N) is 5. The van der Waals surface area contributed by atoms with Gasteiger partial charge in [0.2, 0.25) is 0 Å². The Labute approximate surface area is 275 Å². The molecule has 3 aromatic rings. The van der Waals surface area contributed by atoms with Gasteiger partial charge in [-0.3, -0.25) is 9.48 Å². The molecule has 11 heteroatoms. The van der Waals surface area contributed by atoms with Crippen molar-refractivity contribution >= 4 is 23.5 Å². The number of rotatable bonds is 11. The molecule has 0 saturated heterocycles. The van der Waals surface area contributed by atoms with E-state index in [2.05, 4.69) is 44.1 Å². The quantitative estimate of drug-likeness (QED) is 0.172. The van der Waals surface area contributed by atoms with Crippen LogP contribution in [0.1, 0.15) is 82.8 Å². The normalized spacial score (nSPS) is 19.7. The minimum Gasteiger partial charge on any atom is -0.489 e. The molecule has 0 unspecified atom stereocenters. The van der Waals surface area contributed by atoms with E-state index in [0.29, 0.717) is 41.6 Å². The van der Waals surface area contributed by atoms with Crippen LogP contribution in [-0.4, -0.2) is 62.7 Å². The first-order chi connectivity index (χ1) is 21.6. The number of ether oxygens (including phenoxy) is 3. The second-order valence-electron chi connectivity index (χ2n) is 14.3. The SMILES string of the molecule is CC(C)(C)OC(=O)COCCCCn1cc(-c2ccc3c(c2)CN(C2C(C)(C)C(Oc4ccc(C#N)c(Cl)c4)C2(C)C)C3=O)nn1. The Morgan fingerprint density at radius 3 is 2.52 bits per heavy atom. The number of hydrogen-bond acceptors (Lipinski definition) is 8. The number of carbonyl (C=O) groups is 2. The van der Waals surface area contributed by atoms with E-state index < -0.39 is 5.60 Å². The molecule has 1 fully saturated rings. The van der Waals surface area contributed by atoms with Gasteiger partial charge in [0.05, 0.1) is 16.8 Å². The number of amides is 1. The number of fused-ring (bicyclic) bond motifs is 1. The fourth-order valence-corrected chi connectivity index (χ4v) is 7.48. The fourth-order valence-electron chi connectivity index (χ4n) is 7.27. The van der Waals surface area contributed by atoms with E-state index in [-0.39, 0.29) is 41.5 Å². The Bertz CT molecular complexity index is 1650. The summed E-state index contributed by atoms with van der Waals surface area (Å²) in [6.07, 6.45) is 3.33. The highest BCUT2D eigenvalue weighted by molar-refractivity contribution is 6.31. The van der Waals surface area contributed by atoms with Crippen LogP contribution in [0.25, 0.3) is 11.3 Å². The lowest BCUT2D eigenvalue weighted by Gasteiger charge is -2.65. The van der Waals surface area contributed by atoms with Crippen molar-refractivity contribution in [3.05, 3.63) is 64.3 Å². The Kier molecular flexibility index (Phi) is 9.22. The predicted octanol–water partition coefficient (Wildman–Crippen LogP) is 6.45. The van der Waals surface area contributed by atoms with Gasteiger partial charge in [0.15, 0.2) is 0 Å². The van der Waals surface area contributed by atoms with Crippen LogP contribution >= 0.6 is 11.6 Å². The molecule has 1 aliphatic heterocycles. The molecule has 1 aliphatic carbocycles. The third-order valence-electron chi connectivity index (χ3n) is 8.73. The molecule has 1 saturated carbocycles. The van der Waals surface area contributed by atoms with Crippen LogP contribution in [0.5, 0.6) is 5.75 Å². The summed E-state index contributed by atoms with van der Waals surface area (Å²) < 4.78 is 18.9. The molecule has 0 N–H and O–H groups in total. The van der Waals surface area contributed by atoms with E-state index >= 15 is 0 Å². The smallest absolute Gasteiger partial charge is 0.332 e. The van der Waals surface area contributed by atoms with Crippen LogP contribution < -0.4 is 4.74 Å². The standard InChI is InChI=1S/C35H42ClN5O5/c1-33(2,3)46-29(42)21-44-15-9-8-14-40-20-28(38-39-40)22-11-13-26-24(16-22)19-41(30(26)43)31-34(4,5)32(35(31,6)7)45-25-12-10-23(18-37)27(36)17-25/h10-13,16-17,20,31-32H,8-9,14-15,19,21H2,1-7H3. The van der Waals surface area contributed by atoms with Gasteiger partial charge in [-0.05, 0) is 63.4 Å². The van der Waals surface area contributed by atoms with Crippen molar-refractivity contribution in [1.82, 2.24) is 19.9 Å². The zero-order valence-electron chi connectivity index (χ0n) is 27.6. The number of nitriles is 1. The van der Waals surface area contributed by atoms with E-state index in [9.17, 15) is 14.9 Å². The van der Waals surface area contributed by atoms with Gasteiger partial charge < -0.3 is 19.1 Å². The van der Waals surface area contributed by atoms with Crippen LogP contribution in [0.2, 0.25) is 5.02 Å². The number of carbonyl (C=O) groups excluding carboxylic acids is 2. The second-order valence-corrected chi connectivity index (χ2v) is 14.7. The van der Waals surface area contributed by atoms with Crippen LogP contribution in [0, 0.1) is 22.2 Å². The van der Waals surface area contributed by atoms with Crippen LogP contribution in [0.3, 0.4) is 0 Å². The monoisotopic (exact) mass is 647 g/mol. The molecule has 0 atom stereocenters. The van der Waals surface area contributed by atoms with E-state index in [4.69, 9.17) is 25.8 Å². The van der Waals surface area contributed by atoms with Crippen molar-refractivity contribution in [2.75, 3.05) is 13.2 Å². The first-order valence-electron chi connectivity index (χ1n) is 15.6. The average Bonchev–Trinajstić information content (AvgIpc) is 3.56. The van der Waals surface area contributed by atoms with E-state index in [1.165, 1.54) is 0 Å². The summed E-state index contributed by atoms with van der Waals surface area (Å²) >= 11 is 6.26. The lowest BCUT2D eigenvalue weighted by atomic mass is 9.49. The molecule has 0 radical (unpaired) electrons. The predicted molar refractivity (Wildman–Crippen MR) is 173 cm³/mol. The van der Waals surface area contributed by atoms with Gasteiger partial charge in [0.1, 0.15) is 35.8 Å². The third kappa shape index (κ3) is 6.76. The molecule has 0 spiro atoms. The maximum atomic E-state index is 13.7. The summed E-state index contributed by atoms with van der Waals surface area (Å²) in [6.45, 7) is 15.6. The maximum absolute atomic E-state index is 13.7. The minimum absolute atomic E-state index is 0.0186. The summed E-state index contributed by atoms with van der Waals surface area (Å²) in [4.78, 5) is 27.4. The van der Waals surface area contributed by atoms with Crippen LogP contribution in [-0.2, 0) is 27.4 Å². The number of halogens is 1. The molecule has 10 nitrogen and oxygen atoms in total. The van der Waals surface area contributed by atoms with Crippen molar-refractivity contribution in [3.63, 3.8) is 0 Å². The Morgan fingerprint density at radius 2 is 1.85 bits per heavy atom. The van der Waals surface area contributed by atoms with Gasteiger partial charge in [-0.25, -0.2) is 4.79 Å². The zero-order chi connectivity index (χ0) is 33.4. The lowest BCUT2D eigenvalue weighted by Crippen LogP contribution is -2.74. The van der Waals surface area contributed by atoms with Gasteiger partial charge in [-0.15, -0.1) is 5.10 Å². The number of aryl methyl sites for hydroxylation is 1. The lowest BCUT2D eigenvalue weighted by molar-refractivity contribution is -0.199. The van der Waals surface area contributed by atoms with Gasteiger partial charge in [-0.2, -0.15) is 5.26 Å². The molecule has 2 aliphatic rings. The first kappa shape index (κ1) is 33.4. The summed E-state index contributed by atoms with van der Waals surface area (Å²) in [6, 6.07) is 13.0. The molecule has 1 amide bonds. The van der Waals surface area contributed by atoms with E-state index in [1.54, 1.807) is 22.9 Å². The fraction of sp³-hybridized carbons (Fsp3) is 0.514. The molecular weight excluding hydrogens is 606 g/mol. The molecular formula is C35H42ClN5O5. The molecule has 2 aromatic carbocycles. The van der Waals surface area contributed by atoms with Gasteiger partial charge in [0.25, 0.3) is 5.91 Å². The van der Waals surface area contributed by atoms with Gasteiger partial charge >= 0.3 is 5.97 Å². The Balaban J connectivity index is 1.18. The third-order valence-corrected chi connectivity index (χ3v) is 9.04. The highest BCUT2D eigenvalue weighted by atomic mass is 35.5. The number of unbranched alkanes of at least 4 members (excludes halogenated alkanes) is 1. The Hall–Kier alpha value is -3.94. The van der Waals surface area contributed by atoms with Gasteiger partial charge in [0, 0.05) is 53.8 Å². The minimum atomic E-state index is -0.521. The molecule has 1 aromatic heterocycles. The summed E-state index contributed by atoms with van der Waals surface area (Å²) in [7, 11) is 0. The van der Waals surface area contributed by atoms with Crippen molar-refractivity contribution in [1.29, 1.82) is 5.26 Å². The van der Waals surface area contributed by atoms with Crippen LogP contribution in [0.4, 0.5) is 0 Å². The van der Waals surface area contributed by atoms with E-state index in [1.807, 2.05) is 50.1 Å². The summed E-state index contributed by atoms with van der Waals surface area (Å²) in [5.41, 5.74) is 2.53. The number of hydrogen-bond donors (Lipinski definition) is 0. The van der Waals surface area contributed by atoms with Crippen molar-refractivity contribution in [2.24, 2.45) is 10.8 Å². The second kappa shape index (κ2) is 12.7. The van der Waals surface area contributed by atoms with Crippen molar-refractivity contribution < 1.29 is 23.8 Å². The van der Waals surface area contributed by atoms with Crippen molar-refractivity contribution in [3.8, 4) is 23.1 Å². The van der Waals surface area contributed by atoms with Gasteiger partial charge in [-0.1, -0.05) is 50.6 Å². The topological polar surface area (TPSA) is 120 Å². The Morgan fingerprint density at radius 1 is 1.11 bits per heavy atom. The number of aromatic nitrogens is 3. The van der Waals surface area contributed by atoms with E-state index in [0.717, 1.165) is 29.7 Å². The molecule has 244 valence electrons. The van der Waals surface area contributed by atoms with Crippen LogP contribution in [0.15, 0.2) is 42.6 Å². The highest BCUT2D eigenvalue weighted by Gasteiger charge is 2.67. The largest absolute Gasteiger partial charge is 0.489 e. The van der Waals surface area contributed by atoms with Crippen molar-refractivity contribution in [2.45, 2.75) is 92.1 Å². The first-order valence-corrected chi connectivity index (χ1v) is 16.0. The highest BCUT2D eigenvalue weighted by Crippen LogP contribution is 2.59. The number of esters is 1.